The molecule has 2 N–H and O–H groups in total. The number of nitrogens with zero attached hydrogens (tertiary/aromatic N) is 3. The third-order valence-electron chi connectivity index (χ3n) is 2.93. The Hall–Kier alpha value is -1.61. The summed E-state index contributed by atoms with van der Waals surface area (Å²) in [4.78, 5) is 0.0882. The Balaban J connectivity index is 3.29. The van der Waals surface area contributed by atoms with Crippen LogP contribution in [-0.4, -0.2) is 25.8 Å². The second kappa shape index (κ2) is 7.41. The molecule has 0 heterocycles. The first-order valence-electron chi connectivity index (χ1n) is 6.14. The monoisotopic (exact) mass is 370 g/mol. The molecule has 0 fully saturated rings. The van der Waals surface area contributed by atoms with Gasteiger partial charge >= 0.3 is 0 Å². The Labute approximate surface area is 132 Å². The summed E-state index contributed by atoms with van der Waals surface area (Å²) in [5, 5.41) is 17.3. The lowest BCUT2D eigenvalue weighted by atomic mass is 10.2. The average molecular weight is 371 g/mol. The third kappa shape index (κ3) is 4.18. The fourth-order valence-corrected chi connectivity index (χ4v) is 4.13. The molecule has 0 spiro atoms. The minimum atomic E-state index is -3.80. The van der Waals surface area contributed by atoms with Crippen LogP contribution in [0, 0.1) is 29.6 Å². The van der Waals surface area contributed by atoms with Gasteiger partial charge in [-0.25, -0.2) is 8.42 Å². The molecule has 1 aromatic carbocycles. The number of hydrogen-bond acceptors (Lipinski definition) is 5. The highest BCUT2D eigenvalue weighted by Crippen LogP contribution is 2.28. The van der Waals surface area contributed by atoms with Gasteiger partial charge in [0.05, 0.1) is 17.0 Å². The van der Waals surface area contributed by atoms with Crippen LogP contribution < -0.4 is 5.73 Å². The van der Waals surface area contributed by atoms with Crippen molar-refractivity contribution in [3.8, 4) is 12.1 Å². The molecule has 1 rings (SSSR count). The van der Waals surface area contributed by atoms with E-state index >= 15 is 0 Å². The summed E-state index contributed by atoms with van der Waals surface area (Å²) in [5.41, 5.74) is 6.62. The van der Waals surface area contributed by atoms with Crippen LogP contribution in [0.4, 0.5) is 5.69 Å². The minimum absolute atomic E-state index is 0.0480. The predicted molar refractivity (Wildman–Crippen MR) is 82.5 cm³/mol. The lowest BCUT2D eigenvalue weighted by Crippen LogP contribution is -2.33. The number of anilines is 1. The molecule has 1 aromatic rings. The molecule has 0 bridgehead atoms. The Bertz CT molecular complexity index is 686. The molecule has 0 aliphatic rings. The highest BCUT2D eigenvalue weighted by atomic mass is 79.9. The van der Waals surface area contributed by atoms with E-state index < -0.39 is 10.0 Å². The highest BCUT2D eigenvalue weighted by Gasteiger charge is 2.26. The third-order valence-corrected chi connectivity index (χ3v) is 5.41. The molecule has 0 saturated carbocycles. The number of nitriles is 2. The first-order chi connectivity index (χ1) is 9.84. The number of nitrogen functional groups attached to an aromatic ring is 1. The van der Waals surface area contributed by atoms with Gasteiger partial charge in [0.1, 0.15) is 0 Å². The number of rotatable bonds is 6. The maximum atomic E-state index is 12.7. The number of hydrogen-bond donors (Lipinski definition) is 1. The zero-order valence-corrected chi connectivity index (χ0v) is 13.9. The van der Waals surface area contributed by atoms with Gasteiger partial charge in [-0.15, -0.1) is 0 Å². The maximum Gasteiger partial charge on any atom is 0.243 e. The van der Waals surface area contributed by atoms with E-state index in [1.165, 1.54) is 6.07 Å². The van der Waals surface area contributed by atoms with Gasteiger partial charge in [0.25, 0.3) is 0 Å². The molecule has 0 saturated heterocycles. The van der Waals surface area contributed by atoms with Gasteiger partial charge in [-0.3, -0.25) is 0 Å². The molecule has 0 unspecified atom stereocenters. The summed E-state index contributed by atoms with van der Waals surface area (Å²) in [6.07, 6.45) is 0.125. The molecule has 112 valence electrons. The Morgan fingerprint density at radius 2 is 1.76 bits per heavy atom. The van der Waals surface area contributed by atoms with Crippen LogP contribution >= 0.6 is 15.9 Å². The van der Waals surface area contributed by atoms with Gasteiger partial charge in [-0.2, -0.15) is 14.8 Å². The first kappa shape index (κ1) is 17.4. The fraction of sp³-hybridized carbons (Fsp3) is 0.385. The van der Waals surface area contributed by atoms with Gasteiger partial charge in [-0.1, -0.05) is 15.9 Å². The average Bonchev–Trinajstić information content (AvgIpc) is 2.42. The van der Waals surface area contributed by atoms with E-state index in [4.69, 9.17) is 16.3 Å². The zero-order valence-electron chi connectivity index (χ0n) is 11.5. The van der Waals surface area contributed by atoms with Crippen molar-refractivity contribution in [1.29, 1.82) is 10.5 Å². The summed E-state index contributed by atoms with van der Waals surface area (Å²) in [6, 6.07) is 6.93. The van der Waals surface area contributed by atoms with Crippen LogP contribution in [0.1, 0.15) is 18.4 Å². The lowest BCUT2D eigenvalue weighted by molar-refractivity contribution is 0.424. The van der Waals surface area contributed by atoms with Gasteiger partial charge in [-0.05, 0) is 24.6 Å². The van der Waals surface area contributed by atoms with Crippen LogP contribution in [0.25, 0.3) is 0 Å². The van der Waals surface area contributed by atoms with E-state index in [1.807, 2.05) is 12.1 Å². The van der Waals surface area contributed by atoms with Crippen LogP contribution in [0.15, 0.2) is 21.5 Å². The fourth-order valence-electron chi connectivity index (χ4n) is 1.78. The molecule has 8 heteroatoms. The Morgan fingerprint density at radius 3 is 2.24 bits per heavy atom. The number of nitrogens with two attached hydrogens (primary N) is 1. The van der Waals surface area contributed by atoms with Gasteiger partial charge in [0.2, 0.25) is 10.0 Å². The second-order valence-electron chi connectivity index (χ2n) is 4.34. The van der Waals surface area contributed by atoms with Crippen molar-refractivity contribution < 1.29 is 8.42 Å². The van der Waals surface area contributed by atoms with E-state index in [2.05, 4.69) is 15.9 Å². The second-order valence-corrected chi connectivity index (χ2v) is 7.16. The SMILES string of the molecule is Cc1c(N)cc(Br)cc1S(=O)(=O)N(CCC#N)CCC#N. The maximum absolute atomic E-state index is 12.7. The van der Waals surface area contributed by atoms with E-state index in [0.717, 1.165) is 4.31 Å². The number of sulfonamides is 1. The molecule has 0 atom stereocenters. The van der Waals surface area contributed by atoms with Crippen molar-refractivity contribution in [1.82, 2.24) is 4.31 Å². The van der Waals surface area contributed by atoms with E-state index in [1.54, 1.807) is 13.0 Å². The minimum Gasteiger partial charge on any atom is -0.398 e. The number of benzene rings is 1. The van der Waals surface area contributed by atoms with Gasteiger partial charge < -0.3 is 5.73 Å². The van der Waals surface area contributed by atoms with Crippen molar-refractivity contribution in [3.05, 3.63) is 22.2 Å². The smallest absolute Gasteiger partial charge is 0.243 e. The zero-order chi connectivity index (χ0) is 16.0. The van der Waals surface area contributed by atoms with Gasteiger partial charge in [0, 0.05) is 36.1 Å². The molecule has 21 heavy (non-hydrogen) atoms. The Morgan fingerprint density at radius 1 is 1.24 bits per heavy atom. The molecular weight excluding hydrogens is 356 g/mol. The van der Waals surface area contributed by atoms with Crippen LogP contribution in [0.5, 0.6) is 0 Å². The number of halogens is 1. The standard InChI is InChI=1S/C13H15BrN4O2S/c1-10-12(17)8-11(14)9-13(10)21(19,20)18(6-2-4-15)7-3-5-16/h8-9H,2-3,6-7,17H2,1H3. The largest absolute Gasteiger partial charge is 0.398 e. The van der Waals surface area contributed by atoms with Crippen LogP contribution in [0.3, 0.4) is 0 Å². The topological polar surface area (TPSA) is 111 Å². The molecule has 0 aliphatic heterocycles. The predicted octanol–water partition coefficient (Wildman–Crippen LogP) is 2.16. The molecule has 6 nitrogen and oxygen atoms in total. The summed E-state index contributed by atoms with van der Waals surface area (Å²) in [7, 11) is -3.80. The van der Waals surface area contributed by atoms with Crippen molar-refractivity contribution in [2.24, 2.45) is 0 Å². The lowest BCUT2D eigenvalue weighted by Gasteiger charge is -2.21. The van der Waals surface area contributed by atoms with E-state index in [0.29, 0.717) is 15.7 Å². The molecule has 0 amide bonds. The molecule has 0 aromatic heterocycles. The van der Waals surface area contributed by atoms with Gasteiger partial charge in [0.15, 0.2) is 0 Å². The molecule has 0 aliphatic carbocycles. The summed E-state index contributed by atoms with van der Waals surface area (Å²) < 4.78 is 27.1. The first-order valence-corrected chi connectivity index (χ1v) is 8.37. The molecule has 0 radical (unpaired) electrons. The molecular formula is C13H15BrN4O2S. The van der Waals surface area contributed by atoms with Crippen molar-refractivity contribution in [2.75, 3.05) is 18.8 Å². The van der Waals surface area contributed by atoms with E-state index in [9.17, 15) is 8.42 Å². The van der Waals surface area contributed by atoms with E-state index in [-0.39, 0.29) is 30.8 Å². The van der Waals surface area contributed by atoms with Crippen molar-refractivity contribution in [3.63, 3.8) is 0 Å². The quantitative estimate of drug-likeness (QED) is 0.771. The summed E-state index contributed by atoms with van der Waals surface area (Å²) in [5.74, 6) is 0. The van der Waals surface area contributed by atoms with Crippen molar-refractivity contribution in [2.45, 2.75) is 24.7 Å². The van der Waals surface area contributed by atoms with Crippen LogP contribution in [-0.2, 0) is 10.0 Å². The Kier molecular flexibility index (Phi) is 6.16. The summed E-state index contributed by atoms with van der Waals surface area (Å²) in [6.45, 7) is 1.72. The summed E-state index contributed by atoms with van der Waals surface area (Å²) >= 11 is 3.23. The normalized spacial score (nSPS) is 11.1. The van der Waals surface area contributed by atoms with Crippen molar-refractivity contribution >= 4 is 31.6 Å². The highest BCUT2D eigenvalue weighted by molar-refractivity contribution is 9.10. The van der Waals surface area contributed by atoms with Crippen LogP contribution in [0.2, 0.25) is 0 Å².